The molecule has 0 aromatic carbocycles. The van der Waals surface area contributed by atoms with Crippen LogP contribution in [0.1, 0.15) is 24.6 Å². The van der Waals surface area contributed by atoms with E-state index >= 15 is 0 Å². The predicted molar refractivity (Wildman–Crippen MR) is 83.4 cm³/mol. The molecule has 1 fully saturated rings. The van der Waals surface area contributed by atoms with Crippen molar-refractivity contribution < 1.29 is 14.3 Å². The lowest BCUT2D eigenvalue weighted by Gasteiger charge is -2.34. The number of esters is 1. The summed E-state index contributed by atoms with van der Waals surface area (Å²) in [7, 11) is 0. The maximum atomic E-state index is 11.7. The summed E-state index contributed by atoms with van der Waals surface area (Å²) in [6, 6.07) is 0.0648. The Hall–Kier alpha value is -1.66. The molecule has 1 aromatic heterocycles. The molecule has 0 saturated carbocycles. The van der Waals surface area contributed by atoms with Gasteiger partial charge >= 0.3 is 5.97 Å². The molecule has 1 atom stereocenters. The van der Waals surface area contributed by atoms with Crippen LogP contribution in [0.5, 0.6) is 0 Å². The minimum Gasteiger partial charge on any atom is -0.466 e. The minimum atomic E-state index is -0.165. The first kappa shape index (κ1) is 16.7. The molecule has 0 amide bonds. The van der Waals surface area contributed by atoms with E-state index in [1.807, 2.05) is 30.8 Å². The topological polar surface area (TPSA) is 56.6 Å². The van der Waals surface area contributed by atoms with Gasteiger partial charge in [0, 0.05) is 30.9 Å². The van der Waals surface area contributed by atoms with Crippen LogP contribution in [0, 0.1) is 6.92 Å². The fourth-order valence-corrected chi connectivity index (χ4v) is 2.66. The number of hydrogen-bond acceptors (Lipinski definition) is 5. The fraction of sp³-hybridized carbons (Fsp3) is 0.625. The largest absolute Gasteiger partial charge is 0.466 e. The molecule has 22 heavy (non-hydrogen) atoms. The number of aryl methyl sites for hydroxylation is 1. The number of morpholine rings is 1. The Labute approximate surface area is 131 Å². The summed E-state index contributed by atoms with van der Waals surface area (Å²) in [6.07, 6.45) is 4.25. The highest BCUT2D eigenvalue weighted by Gasteiger charge is 2.26. The first-order valence-corrected chi connectivity index (χ1v) is 7.75. The molecule has 2 rings (SSSR count). The molecular formula is C16H25N3O3. The molecule has 6 heteroatoms. The minimum absolute atomic E-state index is 0.0648. The number of allylic oxidation sites excluding steroid dienone is 1. The Morgan fingerprint density at radius 2 is 2.45 bits per heavy atom. The van der Waals surface area contributed by atoms with Crippen LogP contribution in [0.4, 0.5) is 0 Å². The van der Waals surface area contributed by atoms with Crippen molar-refractivity contribution >= 4 is 5.97 Å². The smallest absolute Gasteiger partial charge is 0.307 e. The van der Waals surface area contributed by atoms with Gasteiger partial charge in [0.05, 0.1) is 38.5 Å². The van der Waals surface area contributed by atoms with Crippen molar-refractivity contribution in [3.63, 3.8) is 0 Å². The third kappa shape index (κ3) is 4.42. The average molecular weight is 307 g/mol. The number of hydrogen-bond donors (Lipinski definition) is 0. The van der Waals surface area contributed by atoms with Crippen LogP contribution in [0.15, 0.2) is 18.9 Å². The Bertz CT molecular complexity index is 513. The van der Waals surface area contributed by atoms with Crippen LogP contribution < -0.4 is 0 Å². The van der Waals surface area contributed by atoms with Crippen LogP contribution in [0.3, 0.4) is 0 Å². The molecule has 6 nitrogen and oxygen atoms in total. The first-order chi connectivity index (χ1) is 10.6. The zero-order valence-electron chi connectivity index (χ0n) is 13.5. The van der Waals surface area contributed by atoms with Crippen molar-refractivity contribution in [2.24, 2.45) is 0 Å². The normalized spacial score (nSPS) is 19.1. The van der Waals surface area contributed by atoms with Crippen molar-refractivity contribution in [2.45, 2.75) is 39.4 Å². The maximum Gasteiger partial charge on any atom is 0.307 e. The molecular weight excluding hydrogens is 282 g/mol. The molecule has 0 spiro atoms. The Morgan fingerprint density at radius 1 is 1.64 bits per heavy atom. The second-order valence-corrected chi connectivity index (χ2v) is 5.46. The van der Waals surface area contributed by atoms with Gasteiger partial charge in [0.15, 0.2) is 0 Å². The zero-order chi connectivity index (χ0) is 15.9. The Balaban J connectivity index is 2.01. The quantitative estimate of drug-likeness (QED) is 0.565. The predicted octanol–water partition coefficient (Wildman–Crippen LogP) is 1.53. The average Bonchev–Trinajstić information content (AvgIpc) is 2.82. The highest BCUT2D eigenvalue weighted by molar-refractivity contribution is 5.70. The SMILES string of the molecule is C=CCn1cc(CN2CCOC[C@H]2CC(=O)OCC)c(C)n1. The monoisotopic (exact) mass is 307 g/mol. The number of carbonyl (C=O) groups excluding carboxylic acids is 1. The number of ether oxygens (including phenoxy) is 2. The van der Waals surface area contributed by atoms with Crippen LogP contribution in [0.2, 0.25) is 0 Å². The zero-order valence-corrected chi connectivity index (χ0v) is 13.5. The molecule has 1 aromatic rings. The van der Waals surface area contributed by atoms with E-state index in [9.17, 15) is 4.79 Å². The molecule has 1 aliphatic rings. The molecule has 1 saturated heterocycles. The summed E-state index contributed by atoms with van der Waals surface area (Å²) < 4.78 is 12.5. The Morgan fingerprint density at radius 3 is 3.18 bits per heavy atom. The fourth-order valence-electron chi connectivity index (χ4n) is 2.66. The summed E-state index contributed by atoms with van der Waals surface area (Å²) >= 11 is 0. The van der Waals surface area contributed by atoms with E-state index in [0.717, 1.165) is 18.8 Å². The van der Waals surface area contributed by atoms with Gasteiger partial charge in [-0.15, -0.1) is 6.58 Å². The van der Waals surface area contributed by atoms with Gasteiger partial charge in [-0.1, -0.05) is 6.08 Å². The summed E-state index contributed by atoms with van der Waals surface area (Å²) in [5.74, 6) is -0.165. The first-order valence-electron chi connectivity index (χ1n) is 7.75. The van der Waals surface area contributed by atoms with Crippen molar-refractivity contribution in [3.8, 4) is 0 Å². The van der Waals surface area contributed by atoms with Crippen LogP contribution in [0.25, 0.3) is 0 Å². The number of carbonyl (C=O) groups is 1. The summed E-state index contributed by atoms with van der Waals surface area (Å²) in [4.78, 5) is 14.0. The van der Waals surface area contributed by atoms with Gasteiger partial charge in [-0.3, -0.25) is 14.4 Å². The van der Waals surface area contributed by atoms with E-state index < -0.39 is 0 Å². The van der Waals surface area contributed by atoms with Crippen molar-refractivity contribution in [2.75, 3.05) is 26.4 Å². The Kier molecular flexibility index (Phi) is 6.15. The van der Waals surface area contributed by atoms with Gasteiger partial charge in [0.2, 0.25) is 0 Å². The van der Waals surface area contributed by atoms with Gasteiger partial charge in [0.1, 0.15) is 0 Å². The van der Waals surface area contributed by atoms with Gasteiger partial charge in [-0.25, -0.2) is 0 Å². The molecule has 0 radical (unpaired) electrons. The lowest BCUT2D eigenvalue weighted by atomic mass is 10.1. The lowest BCUT2D eigenvalue weighted by Crippen LogP contribution is -2.46. The van der Waals surface area contributed by atoms with E-state index in [-0.39, 0.29) is 12.0 Å². The molecule has 0 bridgehead atoms. The third-order valence-corrected chi connectivity index (χ3v) is 3.79. The standard InChI is InChI=1S/C16H25N3O3/c1-4-6-19-11-14(13(3)17-19)10-18-7-8-21-12-15(18)9-16(20)22-5-2/h4,11,15H,1,5-10,12H2,2-3H3/t15-/m1/s1. The second-order valence-electron chi connectivity index (χ2n) is 5.46. The van der Waals surface area contributed by atoms with E-state index in [0.29, 0.717) is 32.8 Å². The van der Waals surface area contributed by atoms with E-state index in [4.69, 9.17) is 9.47 Å². The molecule has 0 aliphatic carbocycles. The van der Waals surface area contributed by atoms with Crippen LogP contribution in [-0.2, 0) is 27.4 Å². The van der Waals surface area contributed by atoms with E-state index in [1.54, 1.807) is 0 Å². The molecule has 0 N–H and O–H groups in total. The highest BCUT2D eigenvalue weighted by atomic mass is 16.5. The van der Waals surface area contributed by atoms with Gasteiger partial charge in [-0.05, 0) is 13.8 Å². The molecule has 122 valence electrons. The van der Waals surface area contributed by atoms with Crippen molar-refractivity contribution in [1.82, 2.24) is 14.7 Å². The number of aromatic nitrogens is 2. The van der Waals surface area contributed by atoms with Crippen molar-refractivity contribution in [3.05, 3.63) is 30.1 Å². The summed E-state index contributed by atoms with van der Waals surface area (Å²) in [5, 5.41) is 4.48. The molecule has 2 heterocycles. The molecule has 1 aliphatic heterocycles. The van der Waals surface area contributed by atoms with E-state index in [2.05, 4.69) is 16.6 Å². The van der Waals surface area contributed by atoms with Crippen molar-refractivity contribution in [1.29, 1.82) is 0 Å². The summed E-state index contributed by atoms with van der Waals surface area (Å²) in [6.45, 7) is 11.5. The lowest BCUT2D eigenvalue weighted by molar-refractivity contribution is -0.146. The van der Waals surface area contributed by atoms with Gasteiger partial charge in [-0.2, -0.15) is 5.10 Å². The molecule has 0 unspecified atom stereocenters. The summed E-state index contributed by atoms with van der Waals surface area (Å²) in [5.41, 5.74) is 2.20. The maximum absolute atomic E-state index is 11.7. The van der Waals surface area contributed by atoms with Gasteiger partial charge < -0.3 is 9.47 Å². The third-order valence-electron chi connectivity index (χ3n) is 3.79. The van der Waals surface area contributed by atoms with Crippen LogP contribution in [-0.4, -0.2) is 53.1 Å². The highest BCUT2D eigenvalue weighted by Crippen LogP contribution is 2.17. The van der Waals surface area contributed by atoms with Crippen LogP contribution >= 0.6 is 0 Å². The van der Waals surface area contributed by atoms with Gasteiger partial charge in [0.25, 0.3) is 0 Å². The number of nitrogens with zero attached hydrogens (tertiary/aromatic N) is 3. The number of rotatable bonds is 7. The second kappa shape index (κ2) is 8.10. The van der Waals surface area contributed by atoms with E-state index in [1.165, 1.54) is 5.56 Å².